The van der Waals surface area contributed by atoms with Crippen LogP contribution >= 0.6 is 0 Å². The molecular formula is C10H7NO4. The third-order valence-electron chi connectivity index (χ3n) is 1.89. The van der Waals surface area contributed by atoms with Gasteiger partial charge in [0.1, 0.15) is 0 Å². The number of carboxylic acid groups (broad SMARTS) is 1. The predicted octanol–water partition coefficient (Wildman–Crippen LogP) is 1.13. The number of carboxylic acids is 1. The number of para-hydroxylation sites is 1. The van der Waals surface area contributed by atoms with E-state index in [4.69, 9.17) is 9.63 Å². The minimum atomic E-state index is -1.29. The van der Waals surface area contributed by atoms with E-state index in [0.717, 1.165) is 10.9 Å². The molecule has 0 aliphatic heterocycles. The summed E-state index contributed by atoms with van der Waals surface area (Å²) in [5, 5.41) is 8.65. The number of aromatic nitrogens is 1. The lowest BCUT2D eigenvalue weighted by Gasteiger charge is -1.97. The molecule has 1 heterocycles. The Morgan fingerprint density at radius 2 is 1.93 bits per heavy atom. The number of carbonyl (C=O) groups is 1. The van der Waals surface area contributed by atoms with Gasteiger partial charge in [0.05, 0.1) is 11.9 Å². The average molecular weight is 205 g/mol. The van der Waals surface area contributed by atoms with Gasteiger partial charge in [-0.3, -0.25) is 0 Å². The molecule has 0 atom stereocenters. The SMILES string of the molecule is O=C(O)c1cn(-c2ccccc2)oc1=O. The second-order valence-corrected chi connectivity index (χ2v) is 2.89. The molecule has 0 aliphatic carbocycles. The molecule has 0 unspecified atom stereocenters. The van der Waals surface area contributed by atoms with E-state index >= 15 is 0 Å². The highest BCUT2D eigenvalue weighted by atomic mass is 16.5. The Morgan fingerprint density at radius 3 is 2.47 bits per heavy atom. The first-order valence-electron chi connectivity index (χ1n) is 4.20. The molecule has 0 spiro atoms. The number of rotatable bonds is 2. The number of hydrogen-bond acceptors (Lipinski definition) is 3. The molecule has 2 aromatic rings. The summed E-state index contributed by atoms with van der Waals surface area (Å²) in [5.41, 5.74) is -0.632. The molecule has 5 nitrogen and oxygen atoms in total. The lowest BCUT2D eigenvalue weighted by molar-refractivity contribution is 0.0694. The van der Waals surface area contributed by atoms with Crippen molar-refractivity contribution in [2.75, 3.05) is 0 Å². The quantitative estimate of drug-likeness (QED) is 0.797. The van der Waals surface area contributed by atoms with Crippen molar-refractivity contribution in [2.24, 2.45) is 0 Å². The minimum Gasteiger partial charge on any atom is -0.477 e. The fourth-order valence-corrected chi connectivity index (χ4v) is 1.18. The summed E-state index contributed by atoms with van der Waals surface area (Å²) in [4.78, 5) is 21.7. The normalized spacial score (nSPS) is 10.1. The zero-order valence-corrected chi connectivity index (χ0v) is 7.58. The third-order valence-corrected chi connectivity index (χ3v) is 1.89. The molecule has 0 bridgehead atoms. The van der Waals surface area contributed by atoms with Crippen molar-refractivity contribution in [1.82, 2.24) is 4.74 Å². The van der Waals surface area contributed by atoms with E-state index in [-0.39, 0.29) is 5.56 Å². The summed E-state index contributed by atoms with van der Waals surface area (Å²) in [6.45, 7) is 0. The van der Waals surface area contributed by atoms with Crippen LogP contribution in [-0.4, -0.2) is 15.8 Å². The topological polar surface area (TPSA) is 72.4 Å². The van der Waals surface area contributed by atoms with Crippen molar-refractivity contribution < 1.29 is 14.4 Å². The standard InChI is InChI=1S/C10H7NO4/c12-9(13)8-6-11(15-10(8)14)7-4-2-1-3-5-7/h1-6H,(H,12,13). The van der Waals surface area contributed by atoms with Crippen LogP contribution in [0.25, 0.3) is 5.69 Å². The van der Waals surface area contributed by atoms with Gasteiger partial charge in [0.2, 0.25) is 0 Å². The lowest BCUT2D eigenvalue weighted by Crippen LogP contribution is -2.07. The smallest absolute Gasteiger partial charge is 0.372 e. The Kier molecular flexibility index (Phi) is 2.13. The Labute approximate surface area is 84.1 Å². The summed E-state index contributed by atoms with van der Waals surface area (Å²) >= 11 is 0. The van der Waals surface area contributed by atoms with Gasteiger partial charge in [-0.2, -0.15) is 4.74 Å². The van der Waals surface area contributed by atoms with Crippen LogP contribution in [0.4, 0.5) is 0 Å². The van der Waals surface area contributed by atoms with E-state index < -0.39 is 11.6 Å². The van der Waals surface area contributed by atoms with Crippen molar-refractivity contribution in [3.63, 3.8) is 0 Å². The van der Waals surface area contributed by atoms with E-state index in [0.29, 0.717) is 5.69 Å². The first-order chi connectivity index (χ1) is 7.18. The molecule has 0 aliphatic rings. The second kappa shape index (κ2) is 3.45. The van der Waals surface area contributed by atoms with Gasteiger partial charge in [-0.05, 0) is 12.1 Å². The highest BCUT2D eigenvalue weighted by Crippen LogP contribution is 2.06. The molecule has 15 heavy (non-hydrogen) atoms. The van der Waals surface area contributed by atoms with Gasteiger partial charge in [0, 0.05) is 0 Å². The largest absolute Gasteiger partial charge is 0.477 e. The molecule has 0 saturated heterocycles. The van der Waals surface area contributed by atoms with Crippen molar-refractivity contribution in [3.8, 4) is 5.69 Å². The van der Waals surface area contributed by atoms with E-state index in [1.807, 2.05) is 6.07 Å². The van der Waals surface area contributed by atoms with Gasteiger partial charge in [-0.15, -0.1) is 0 Å². The first kappa shape index (κ1) is 9.26. The maximum absolute atomic E-state index is 11.1. The van der Waals surface area contributed by atoms with Crippen molar-refractivity contribution in [2.45, 2.75) is 0 Å². The zero-order chi connectivity index (χ0) is 10.8. The van der Waals surface area contributed by atoms with Gasteiger partial charge in [0.25, 0.3) is 0 Å². The van der Waals surface area contributed by atoms with Crippen LogP contribution in [0, 0.1) is 0 Å². The molecule has 0 radical (unpaired) electrons. The molecule has 0 amide bonds. The second-order valence-electron chi connectivity index (χ2n) is 2.89. The number of benzene rings is 1. The van der Waals surface area contributed by atoms with Gasteiger partial charge in [-0.1, -0.05) is 18.2 Å². The fourth-order valence-electron chi connectivity index (χ4n) is 1.18. The fraction of sp³-hybridized carbons (Fsp3) is 0. The number of hydrogen-bond donors (Lipinski definition) is 1. The number of aromatic carboxylic acids is 1. The van der Waals surface area contributed by atoms with Crippen molar-refractivity contribution in [1.29, 1.82) is 0 Å². The highest BCUT2D eigenvalue weighted by Gasteiger charge is 2.14. The maximum atomic E-state index is 11.1. The Morgan fingerprint density at radius 1 is 1.27 bits per heavy atom. The third kappa shape index (κ3) is 1.67. The van der Waals surface area contributed by atoms with Crippen molar-refractivity contribution in [3.05, 3.63) is 52.5 Å². The summed E-state index contributed by atoms with van der Waals surface area (Å²) in [6.07, 6.45) is 1.15. The molecule has 0 saturated carbocycles. The summed E-state index contributed by atoms with van der Waals surface area (Å²) in [6, 6.07) is 8.73. The van der Waals surface area contributed by atoms with Crippen LogP contribution in [0.3, 0.4) is 0 Å². The van der Waals surface area contributed by atoms with Gasteiger partial charge < -0.3 is 9.63 Å². The molecule has 76 valence electrons. The van der Waals surface area contributed by atoms with E-state index in [1.165, 1.54) is 0 Å². The average Bonchev–Trinajstić information content (AvgIpc) is 2.62. The van der Waals surface area contributed by atoms with Crippen LogP contribution in [0.1, 0.15) is 10.4 Å². The van der Waals surface area contributed by atoms with Crippen LogP contribution < -0.4 is 5.63 Å². The predicted molar refractivity (Wildman–Crippen MR) is 51.3 cm³/mol. The van der Waals surface area contributed by atoms with Crippen LogP contribution in [0.15, 0.2) is 45.8 Å². The summed E-state index contributed by atoms with van der Waals surface area (Å²) in [7, 11) is 0. The first-order valence-corrected chi connectivity index (χ1v) is 4.20. The van der Waals surface area contributed by atoms with Crippen LogP contribution in [0.5, 0.6) is 0 Å². The highest BCUT2D eigenvalue weighted by molar-refractivity contribution is 5.86. The molecule has 5 heteroatoms. The molecule has 1 aromatic heterocycles. The Bertz CT molecular complexity index is 538. The minimum absolute atomic E-state index is 0.376. The monoisotopic (exact) mass is 205 g/mol. The van der Waals surface area contributed by atoms with Crippen LogP contribution in [-0.2, 0) is 0 Å². The van der Waals surface area contributed by atoms with E-state index in [2.05, 4.69) is 0 Å². The molecule has 1 N–H and O–H groups in total. The Balaban J connectivity index is 2.53. The van der Waals surface area contributed by atoms with Crippen LogP contribution in [0.2, 0.25) is 0 Å². The molecular weight excluding hydrogens is 198 g/mol. The van der Waals surface area contributed by atoms with Crippen molar-refractivity contribution >= 4 is 5.97 Å². The molecule has 1 aromatic carbocycles. The van der Waals surface area contributed by atoms with E-state index in [1.54, 1.807) is 24.3 Å². The summed E-state index contributed by atoms with van der Waals surface area (Å²) < 4.78 is 5.87. The molecule has 2 rings (SSSR count). The maximum Gasteiger partial charge on any atom is 0.372 e. The van der Waals surface area contributed by atoms with E-state index in [9.17, 15) is 9.59 Å². The Hall–Kier alpha value is -2.30. The van der Waals surface area contributed by atoms with Gasteiger partial charge in [0.15, 0.2) is 5.56 Å². The summed E-state index contributed by atoms with van der Waals surface area (Å²) in [5.74, 6) is -1.29. The van der Waals surface area contributed by atoms with Gasteiger partial charge >= 0.3 is 11.6 Å². The van der Waals surface area contributed by atoms with Gasteiger partial charge in [-0.25, -0.2) is 9.59 Å². The molecule has 0 fully saturated rings. The number of nitrogens with zero attached hydrogens (tertiary/aromatic N) is 1. The zero-order valence-electron chi connectivity index (χ0n) is 7.58. The lowest BCUT2D eigenvalue weighted by atomic mass is 10.3.